The lowest BCUT2D eigenvalue weighted by Crippen LogP contribution is -2.03. The summed E-state index contributed by atoms with van der Waals surface area (Å²) >= 11 is 0. The fourth-order valence-corrected chi connectivity index (χ4v) is 2.83. The highest BCUT2D eigenvalue weighted by Crippen LogP contribution is 2.34. The van der Waals surface area contributed by atoms with Gasteiger partial charge in [-0.15, -0.1) is 0 Å². The predicted octanol–water partition coefficient (Wildman–Crippen LogP) is 4.10. The van der Waals surface area contributed by atoms with E-state index in [9.17, 15) is 9.90 Å². The molecule has 1 N–H and O–H groups in total. The summed E-state index contributed by atoms with van der Waals surface area (Å²) in [5.41, 5.74) is 4.74. The van der Waals surface area contributed by atoms with E-state index in [-0.39, 0.29) is 0 Å². The third-order valence-electron chi connectivity index (χ3n) is 3.81. The maximum Gasteiger partial charge on any atom is 0.335 e. The molecule has 0 atom stereocenters. The molecule has 0 radical (unpaired) electrons. The average Bonchev–Trinajstić information content (AvgIpc) is 2.73. The SMILES string of the molecule is CCn1cc(C(C)C)c2c(C)c(C(=O)O)cc(C)c21. The van der Waals surface area contributed by atoms with Crippen molar-refractivity contribution < 1.29 is 9.90 Å². The highest BCUT2D eigenvalue weighted by atomic mass is 16.4. The summed E-state index contributed by atoms with van der Waals surface area (Å²) in [6, 6.07) is 1.79. The molecule has 0 aliphatic rings. The smallest absolute Gasteiger partial charge is 0.335 e. The van der Waals surface area contributed by atoms with Crippen LogP contribution < -0.4 is 0 Å². The Morgan fingerprint density at radius 1 is 1.37 bits per heavy atom. The molecule has 0 bridgehead atoms. The van der Waals surface area contributed by atoms with Crippen molar-refractivity contribution in [1.29, 1.82) is 0 Å². The number of aromatic nitrogens is 1. The molecule has 102 valence electrons. The van der Waals surface area contributed by atoms with Crippen LogP contribution in [0.15, 0.2) is 12.3 Å². The van der Waals surface area contributed by atoms with Crippen molar-refractivity contribution in [2.75, 3.05) is 0 Å². The number of carboxylic acids is 1. The number of hydrogen-bond donors (Lipinski definition) is 1. The molecule has 19 heavy (non-hydrogen) atoms. The second-order valence-corrected chi connectivity index (χ2v) is 5.42. The Hall–Kier alpha value is -1.77. The van der Waals surface area contributed by atoms with Gasteiger partial charge in [-0.05, 0) is 49.4 Å². The van der Waals surface area contributed by atoms with Crippen LogP contribution in [0.5, 0.6) is 0 Å². The van der Waals surface area contributed by atoms with Crippen molar-refractivity contribution in [2.45, 2.75) is 47.1 Å². The summed E-state index contributed by atoms with van der Waals surface area (Å²) in [5, 5.41) is 10.5. The zero-order valence-corrected chi connectivity index (χ0v) is 12.2. The van der Waals surface area contributed by atoms with Gasteiger partial charge in [-0.25, -0.2) is 4.79 Å². The average molecular weight is 259 g/mol. The third-order valence-corrected chi connectivity index (χ3v) is 3.81. The van der Waals surface area contributed by atoms with Crippen molar-refractivity contribution in [3.05, 3.63) is 34.5 Å². The molecule has 1 aromatic heterocycles. The first-order valence-corrected chi connectivity index (χ1v) is 6.74. The van der Waals surface area contributed by atoms with Crippen LogP contribution in [0, 0.1) is 13.8 Å². The van der Waals surface area contributed by atoms with Crippen molar-refractivity contribution >= 4 is 16.9 Å². The molecule has 2 rings (SSSR count). The van der Waals surface area contributed by atoms with Crippen LogP contribution in [-0.2, 0) is 6.54 Å². The first-order valence-electron chi connectivity index (χ1n) is 6.74. The maximum absolute atomic E-state index is 11.4. The van der Waals surface area contributed by atoms with Crippen LogP contribution in [0.4, 0.5) is 0 Å². The molecule has 3 heteroatoms. The Kier molecular flexibility index (Phi) is 3.40. The molecule has 1 aromatic carbocycles. The van der Waals surface area contributed by atoms with Crippen molar-refractivity contribution in [3.63, 3.8) is 0 Å². The van der Waals surface area contributed by atoms with Crippen molar-refractivity contribution in [3.8, 4) is 0 Å². The summed E-state index contributed by atoms with van der Waals surface area (Å²) in [6.07, 6.45) is 2.17. The molecule has 1 heterocycles. The summed E-state index contributed by atoms with van der Waals surface area (Å²) in [7, 11) is 0. The molecule has 0 saturated carbocycles. The lowest BCUT2D eigenvalue weighted by atomic mass is 9.94. The van der Waals surface area contributed by atoms with Crippen molar-refractivity contribution in [2.24, 2.45) is 0 Å². The molecule has 0 fully saturated rings. The molecule has 0 unspecified atom stereocenters. The number of benzene rings is 1. The minimum Gasteiger partial charge on any atom is -0.478 e. The molecule has 0 spiro atoms. The van der Waals surface area contributed by atoms with Crippen molar-refractivity contribution in [1.82, 2.24) is 4.57 Å². The first-order chi connectivity index (χ1) is 8.88. The maximum atomic E-state index is 11.4. The van der Waals surface area contributed by atoms with Gasteiger partial charge in [0.15, 0.2) is 0 Å². The van der Waals surface area contributed by atoms with Crippen LogP contribution in [0.1, 0.15) is 53.7 Å². The lowest BCUT2D eigenvalue weighted by molar-refractivity contribution is 0.0696. The number of rotatable bonds is 3. The van der Waals surface area contributed by atoms with Crippen LogP contribution in [0.3, 0.4) is 0 Å². The van der Waals surface area contributed by atoms with E-state index in [0.29, 0.717) is 11.5 Å². The molecule has 0 saturated heterocycles. The molecule has 0 amide bonds. The number of aromatic carboxylic acids is 1. The molecule has 0 aliphatic heterocycles. The van der Waals surface area contributed by atoms with E-state index in [1.807, 2.05) is 13.8 Å². The minimum atomic E-state index is -0.846. The minimum absolute atomic E-state index is 0.387. The van der Waals surface area contributed by atoms with Gasteiger partial charge in [-0.3, -0.25) is 0 Å². The van der Waals surface area contributed by atoms with Gasteiger partial charge in [0.1, 0.15) is 0 Å². The van der Waals surface area contributed by atoms with E-state index in [2.05, 4.69) is 31.5 Å². The fourth-order valence-electron chi connectivity index (χ4n) is 2.83. The Labute approximate surface area is 113 Å². The van der Waals surface area contributed by atoms with Gasteiger partial charge in [0.25, 0.3) is 0 Å². The quantitative estimate of drug-likeness (QED) is 0.901. The topological polar surface area (TPSA) is 42.2 Å². The van der Waals surface area contributed by atoms with E-state index < -0.39 is 5.97 Å². The van der Waals surface area contributed by atoms with E-state index in [1.165, 1.54) is 11.1 Å². The second-order valence-electron chi connectivity index (χ2n) is 5.42. The van der Waals surface area contributed by atoms with Gasteiger partial charge in [-0.1, -0.05) is 13.8 Å². The van der Waals surface area contributed by atoms with E-state index in [1.54, 1.807) is 6.07 Å². The monoisotopic (exact) mass is 259 g/mol. The largest absolute Gasteiger partial charge is 0.478 e. The highest BCUT2D eigenvalue weighted by molar-refractivity contribution is 6.00. The predicted molar refractivity (Wildman–Crippen MR) is 78.1 cm³/mol. The number of fused-ring (bicyclic) bond motifs is 1. The highest BCUT2D eigenvalue weighted by Gasteiger charge is 2.19. The van der Waals surface area contributed by atoms with Gasteiger partial charge in [-0.2, -0.15) is 0 Å². The van der Waals surface area contributed by atoms with Gasteiger partial charge in [0.2, 0.25) is 0 Å². The second kappa shape index (κ2) is 4.72. The molecular weight excluding hydrogens is 238 g/mol. The fraction of sp³-hybridized carbons (Fsp3) is 0.438. The van der Waals surface area contributed by atoms with Crippen LogP contribution in [0.2, 0.25) is 0 Å². The van der Waals surface area contributed by atoms with Crippen LogP contribution in [0.25, 0.3) is 10.9 Å². The standard InChI is InChI=1S/C16H21NO2/c1-6-17-8-13(9(2)3)14-11(5)12(16(18)19)7-10(4)15(14)17/h7-9H,6H2,1-5H3,(H,18,19). The normalized spacial score (nSPS) is 11.5. The number of aryl methyl sites for hydroxylation is 3. The Morgan fingerprint density at radius 2 is 2.00 bits per heavy atom. The van der Waals surface area contributed by atoms with Gasteiger partial charge < -0.3 is 9.67 Å². The number of carbonyl (C=O) groups is 1. The first kappa shape index (κ1) is 13.7. The molecule has 3 nitrogen and oxygen atoms in total. The van der Waals surface area contributed by atoms with Crippen LogP contribution in [-0.4, -0.2) is 15.6 Å². The summed E-state index contributed by atoms with van der Waals surface area (Å²) in [5.74, 6) is -0.459. The number of nitrogens with zero attached hydrogens (tertiary/aromatic N) is 1. The Balaban J connectivity index is 2.96. The van der Waals surface area contributed by atoms with E-state index in [4.69, 9.17) is 0 Å². The van der Waals surface area contributed by atoms with Crippen LogP contribution >= 0.6 is 0 Å². The third kappa shape index (κ3) is 2.03. The summed E-state index contributed by atoms with van der Waals surface area (Å²) < 4.78 is 2.22. The zero-order chi connectivity index (χ0) is 14.3. The lowest BCUT2D eigenvalue weighted by Gasteiger charge is -2.11. The number of carboxylic acid groups (broad SMARTS) is 1. The van der Waals surface area contributed by atoms with Gasteiger partial charge in [0.05, 0.1) is 11.1 Å². The Bertz CT molecular complexity index is 651. The summed E-state index contributed by atoms with van der Waals surface area (Å²) in [4.78, 5) is 11.4. The molecule has 0 aliphatic carbocycles. The van der Waals surface area contributed by atoms with E-state index in [0.717, 1.165) is 23.1 Å². The zero-order valence-electron chi connectivity index (χ0n) is 12.2. The van der Waals surface area contributed by atoms with Gasteiger partial charge >= 0.3 is 5.97 Å². The van der Waals surface area contributed by atoms with Gasteiger partial charge in [0, 0.05) is 18.1 Å². The number of hydrogen-bond acceptors (Lipinski definition) is 1. The molecular formula is C16H21NO2. The van der Waals surface area contributed by atoms with E-state index >= 15 is 0 Å². The molecule has 2 aromatic rings. The summed E-state index contributed by atoms with van der Waals surface area (Å²) in [6.45, 7) is 11.2. The Morgan fingerprint density at radius 3 is 2.47 bits per heavy atom.